The summed E-state index contributed by atoms with van der Waals surface area (Å²) in [5.74, 6) is -0.374. The van der Waals surface area contributed by atoms with Crippen LogP contribution in [-0.2, 0) is 10.4 Å². The van der Waals surface area contributed by atoms with Gasteiger partial charge < -0.3 is 10.4 Å². The van der Waals surface area contributed by atoms with Gasteiger partial charge in [0.1, 0.15) is 0 Å². The highest BCUT2D eigenvalue weighted by atomic mass is 79.9. The molecule has 0 saturated carbocycles. The van der Waals surface area contributed by atoms with Gasteiger partial charge in [0.25, 0.3) is 5.91 Å². The molecule has 1 aromatic rings. The first-order chi connectivity index (χ1) is 6.01. The minimum Gasteiger partial charge on any atom is -0.375 e. The number of nitrogens with one attached hydrogen (secondary N) is 1. The van der Waals surface area contributed by atoms with E-state index in [4.69, 9.17) is 0 Å². The molecule has 1 amide bonds. The van der Waals surface area contributed by atoms with Crippen LogP contribution < -0.4 is 5.32 Å². The monoisotopic (exact) mass is 241 g/mol. The van der Waals surface area contributed by atoms with Gasteiger partial charge in [0, 0.05) is 15.7 Å². The van der Waals surface area contributed by atoms with Crippen molar-refractivity contribution in [3.63, 3.8) is 0 Å². The molecule has 68 valence electrons. The van der Waals surface area contributed by atoms with Crippen molar-refractivity contribution in [3.8, 4) is 0 Å². The van der Waals surface area contributed by atoms with Crippen LogP contribution in [0.4, 0.5) is 5.69 Å². The fourth-order valence-corrected chi connectivity index (χ4v) is 1.76. The summed E-state index contributed by atoms with van der Waals surface area (Å²) < 4.78 is 0.850. The van der Waals surface area contributed by atoms with Crippen molar-refractivity contribution in [1.29, 1.82) is 0 Å². The molecule has 4 heteroatoms. The zero-order chi connectivity index (χ0) is 9.64. The Morgan fingerprint density at radius 3 is 2.92 bits per heavy atom. The number of carbonyl (C=O) groups is 1. The SMILES string of the molecule is C[C@@]1(O)C(=O)Nc2ccc(Br)cc21. The van der Waals surface area contributed by atoms with Gasteiger partial charge in [0.05, 0.1) is 0 Å². The van der Waals surface area contributed by atoms with Crippen molar-refractivity contribution in [1.82, 2.24) is 0 Å². The van der Waals surface area contributed by atoms with Crippen LogP contribution in [0.1, 0.15) is 12.5 Å². The summed E-state index contributed by atoms with van der Waals surface area (Å²) in [6, 6.07) is 5.33. The van der Waals surface area contributed by atoms with Gasteiger partial charge in [0.15, 0.2) is 5.60 Å². The van der Waals surface area contributed by atoms with Crippen molar-refractivity contribution in [2.24, 2.45) is 0 Å². The molecule has 2 rings (SSSR count). The molecule has 0 aromatic heterocycles. The lowest BCUT2D eigenvalue weighted by Gasteiger charge is -2.13. The predicted octanol–water partition coefficient (Wildman–Crippen LogP) is 1.61. The molecular weight excluding hydrogens is 234 g/mol. The summed E-state index contributed by atoms with van der Waals surface area (Å²) in [6.45, 7) is 1.49. The molecule has 1 aliphatic rings. The van der Waals surface area contributed by atoms with Crippen molar-refractivity contribution in [2.75, 3.05) is 5.32 Å². The Balaban J connectivity index is 2.64. The first-order valence-corrected chi connectivity index (χ1v) is 4.65. The molecule has 1 heterocycles. The number of aliphatic hydroxyl groups is 1. The highest BCUT2D eigenvalue weighted by Crippen LogP contribution is 2.36. The molecule has 0 spiro atoms. The van der Waals surface area contributed by atoms with E-state index in [9.17, 15) is 9.90 Å². The molecule has 1 aliphatic heterocycles. The van der Waals surface area contributed by atoms with Crippen LogP contribution in [0.5, 0.6) is 0 Å². The maximum atomic E-state index is 11.3. The number of fused-ring (bicyclic) bond motifs is 1. The molecule has 1 aromatic carbocycles. The standard InChI is InChI=1S/C9H8BrNO2/c1-9(13)6-4-5(10)2-3-7(6)11-8(9)12/h2-4,13H,1H3,(H,11,12)/t9-/m0/s1. The molecule has 0 fully saturated rings. The van der Waals surface area contributed by atoms with Gasteiger partial charge in [-0.2, -0.15) is 0 Å². The van der Waals surface area contributed by atoms with Crippen molar-refractivity contribution in [3.05, 3.63) is 28.2 Å². The van der Waals surface area contributed by atoms with Crippen molar-refractivity contribution >= 4 is 27.5 Å². The van der Waals surface area contributed by atoms with Crippen LogP contribution in [0.25, 0.3) is 0 Å². The highest BCUT2D eigenvalue weighted by molar-refractivity contribution is 9.10. The van der Waals surface area contributed by atoms with Gasteiger partial charge in [-0.3, -0.25) is 4.79 Å². The summed E-state index contributed by atoms with van der Waals surface area (Å²) in [7, 11) is 0. The Bertz CT molecular complexity index is 387. The van der Waals surface area contributed by atoms with E-state index in [1.165, 1.54) is 6.92 Å². The van der Waals surface area contributed by atoms with E-state index in [0.717, 1.165) is 4.47 Å². The zero-order valence-electron chi connectivity index (χ0n) is 6.97. The molecule has 0 radical (unpaired) electrons. The van der Waals surface area contributed by atoms with Gasteiger partial charge in [-0.15, -0.1) is 0 Å². The Hall–Kier alpha value is -0.870. The summed E-state index contributed by atoms with van der Waals surface area (Å²) in [4.78, 5) is 11.3. The maximum Gasteiger partial charge on any atom is 0.260 e. The van der Waals surface area contributed by atoms with Crippen LogP contribution in [-0.4, -0.2) is 11.0 Å². The number of benzene rings is 1. The number of hydrogen-bond donors (Lipinski definition) is 2. The molecular formula is C9H8BrNO2. The topological polar surface area (TPSA) is 49.3 Å². The first-order valence-electron chi connectivity index (χ1n) is 3.85. The summed E-state index contributed by atoms with van der Waals surface area (Å²) in [5, 5.41) is 12.4. The average Bonchev–Trinajstić information content (AvgIpc) is 2.27. The first kappa shape index (κ1) is 8.72. The van der Waals surface area contributed by atoms with Crippen LogP contribution in [0, 0.1) is 0 Å². The third kappa shape index (κ3) is 1.17. The molecule has 3 nitrogen and oxygen atoms in total. The second kappa shape index (κ2) is 2.56. The summed E-state index contributed by atoms with van der Waals surface area (Å²) >= 11 is 3.29. The minimum absolute atomic E-state index is 0.374. The van der Waals surface area contributed by atoms with Crippen LogP contribution in [0.2, 0.25) is 0 Å². The Morgan fingerprint density at radius 1 is 1.54 bits per heavy atom. The van der Waals surface area contributed by atoms with E-state index >= 15 is 0 Å². The molecule has 0 aliphatic carbocycles. The highest BCUT2D eigenvalue weighted by Gasteiger charge is 2.40. The normalized spacial score (nSPS) is 25.6. The van der Waals surface area contributed by atoms with Crippen LogP contribution >= 0.6 is 15.9 Å². The van der Waals surface area contributed by atoms with Gasteiger partial charge in [-0.1, -0.05) is 15.9 Å². The van der Waals surface area contributed by atoms with E-state index < -0.39 is 5.60 Å². The van der Waals surface area contributed by atoms with E-state index in [1.54, 1.807) is 12.1 Å². The number of amides is 1. The van der Waals surface area contributed by atoms with Gasteiger partial charge in [0.2, 0.25) is 0 Å². The largest absolute Gasteiger partial charge is 0.375 e. The smallest absolute Gasteiger partial charge is 0.260 e. The Kier molecular flexibility index (Phi) is 1.72. The quantitative estimate of drug-likeness (QED) is 0.726. The van der Waals surface area contributed by atoms with E-state index in [2.05, 4.69) is 21.2 Å². The summed E-state index contributed by atoms with van der Waals surface area (Å²) in [6.07, 6.45) is 0. The number of anilines is 1. The number of rotatable bonds is 0. The predicted molar refractivity (Wildman–Crippen MR) is 52.3 cm³/mol. The van der Waals surface area contributed by atoms with Gasteiger partial charge in [-0.25, -0.2) is 0 Å². The molecule has 0 bridgehead atoms. The molecule has 0 saturated heterocycles. The third-order valence-electron chi connectivity index (χ3n) is 2.20. The number of carbonyl (C=O) groups excluding carboxylic acids is 1. The van der Waals surface area contributed by atoms with Crippen molar-refractivity contribution in [2.45, 2.75) is 12.5 Å². The average molecular weight is 242 g/mol. The lowest BCUT2D eigenvalue weighted by atomic mass is 9.98. The fraction of sp³-hybridized carbons (Fsp3) is 0.222. The maximum absolute atomic E-state index is 11.3. The third-order valence-corrected chi connectivity index (χ3v) is 2.69. The lowest BCUT2D eigenvalue weighted by molar-refractivity contribution is -0.131. The molecule has 2 N–H and O–H groups in total. The molecule has 1 atom stereocenters. The minimum atomic E-state index is -1.40. The van der Waals surface area contributed by atoms with Crippen LogP contribution in [0.15, 0.2) is 22.7 Å². The van der Waals surface area contributed by atoms with E-state index in [-0.39, 0.29) is 5.91 Å². The van der Waals surface area contributed by atoms with Gasteiger partial charge in [-0.05, 0) is 25.1 Å². The Morgan fingerprint density at radius 2 is 2.23 bits per heavy atom. The van der Waals surface area contributed by atoms with Crippen LogP contribution in [0.3, 0.4) is 0 Å². The van der Waals surface area contributed by atoms with E-state index in [1.807, 2.05) is 6.07 Å². The fourth-order valence-electron chi connectivity index (χ4n) is 1.39. The molecule has 0 unspecified atom stereocenters. The lowest BCUT2D eigenvalue weighted by Crippen LogP contribution is -2.30. The number of hydrogen-bond acceptors (Lipinski definition) is 2. The number of halogens is 1. The second-order valence-electron chi connectivity index (χ2n) is 3.22. The summed E-state index contributed by atoms with van der Waals surface area (Å²) in [5.41, 5.74) is -0.107. The Labute approximate surface area is 83.9 Å². The van der Waals surface area contributed by atoms with Crippen molar-refractivity contribution < 1.29 is 9.90 Å². The second-order valence-corrected chi connectivity index (χ2v) is 4.13. The molecule has 13 heavy (non-hydrogen) atoms. The van der Waals surface area contributed by atoms with Gasteiger partial charge >= 0.3 is 0 Å². The van der Waals surface area contributed by atoms with E-state index in [0.29, 0.717) is 11.3 Å². The zero-order valence-corrected chi connectivity index (χ0v) is 8.55.